The van der Waals surface area contributed by atoms with E-state index in [1.54, 1.807) is 12.1 Å². The number of halogens is 1. The lowest BCUT2D eigenvalue weighted by Gasteiger charge is -2.17. The fourth-order valence-corrected chi connectivity index (χ4v) is 2.53. The highest BCUT2D eigenvalue weighted by atomic mass is 79.9. The lowest BCUT2D eigenvalue weighted by Crippen LogP contribution is -2.41. The maximum absolute atomic E-state index is 11.9. The predicted molar refractivity (Wildman–Crippen MR) is 77.1 cm³/mol. The van der Waals surface area contributed by atoms with Crippen LogP contribution in [0.25, 0.3) is 0 Å². The fraction of sp³-hybridized carbons (Fsp3) is 0.385. The van der Waals surface area contributed by atoms with Crippen LogP contribution in [0.1, 0.15) is 23.7 Å². The van der Waals surface area contributed by atoms with Gasteiger partial charge in [0.2, 0.25) is 0 Å². The molecule has 7 heteroatoms. The number of aromatic carboxylic acids is 1. The van der Waals surface area contributed by atoms with Crippen LogP contribution in [0.4, 0.5) is 10.5 Å². The number of ether oxygens (including phenoxy) is 1. The number of nitrogens with one attached hydrogen (secondary N) is 2. The van der Waals surface area contributed by atoms with Gasteiger partial charge >= 0.3 is 12.0 Å². The third-order valence-corrected chi connectivity index (χ3v) is 3.84. The molecule has 2 rings (SSSR count). The first kappa shape index (κ1) is 14.8. The SMILES string of the molecule is CC1OCCC1NC(=O)Nc1c(Br)cccc1C(=O)O. The van der Waals surface area contributed by atoms with Crippen LogP contribution in [-0.4, -0.2) is 35.9 Å². The van der Waals surface area contributed by atoms with E-state index in [1.165, 1.54) is 6.07 Å². The lowest BCUT2D eigenvalue weighted by molar-refractivity contribution is 0.0698. The second-order valence-electron chi connectivity index (χ2n) is 4.54. The Balaban J connectivity index is 2.09. The highest BCUT2D eigenvalue weighted by molar-refractivity contribution is 9.10. The number of urea groups is 1. The van der Waals surface area contributed by atoms with E-state index in [9.17, 15) is 9.59 Å². The van der Waals surface area contributed by atoms with Crippen molar-refractivity contribution in [1.82, 2.24) is 5.32 Å². The van der Waals surface area contributed by atoms with Gasteiger partial charge in [-0.25, -0.2) is 9.59 Å². The molecule has 0 aromatic heterocycles. The van der Waals surface area contributed by atoms with Crippen molar-refractivity contribution >= 4 is 33.6 Å². The summed E-state index contributed by atoms with van der Waals surface area (Å²) in [6, 6.07) is 4.20. The molecule has 1 aliphatic rings. The van der Waals surface area contributed by atoms with Crippen LogP contribution in [0, 0.1) is 0 Å². The van der Waals surface area contributed by atoms with E-state index in [-0.39, 0.29) is 23.4 Å². The van der Waals surface area contributed by atoms with Crippen LogP contribution in [0.3, 0.4) is 0 Å². The molecular formula is C13H15BrN2O4. The van der Waals surface area contributed by atoms with E-state index in [4.69, 9.17) is 9.84 Å². The van der Waals surface area contributed by atoms with Gasteiger partial charge in [0, 0.05) is 11.1 Å². The Morgan fingerprint density at radius 2 is 2.20 bits per heavy atom. The molecule has 0 saturated carbocycles. The Kier molecular flexibility index (Phi) is 4.61. The first-order chi connectivity index (χ1) is 9.49. The predicted octanol–water partition coefficient (Wildman–Crippen LogP) is 2.45. The third-order valence-electron chi connectivity index (χ3n) is 3.18. The maximum atomic E-state index is 11.9. The first-order valence-electron chi connectivity index (χ1n) is 6.20. The van der Waals surface area contributed by atoms with Crippen LogP contribution < -0.4 is 10.6 Å². The monoisotopic (exact) mass is 342 g/mol. The second-order valence-corrected chi connectivity index (χ2v) is 5.39. The molecule has 2 amide bonds. The van der Waals surface area contributed by atoms with Crippen molar-refractivity contribution in [3.63, 3.8) is 0 Å². The number of carboxylic acids is 1. The minimum Gasteiger partial charge on any atom is -0.478 e. The number of hydrogen-bond acceptors (Lipinski definition) is 3. The number of para-hydroxylation sites is 1. The number of anilines is 1. The average molecular weight is 343 g/mol. The molecule has 1 saturated heterocycles. The standard InChI is InChI=1S/C13H15BrN2O4/c1-7-10(5-6-20-7)15-13(19)16-11-8(12(17)18)3-2-4-9(11)14/h2-4,7,10H,5-6H2,1H3,(H,17,18)(H2,15,16,19). The molecule has 2 unspecified atom stereocenters. The highest BCUT2D eigenvalue weighted by Gasteiger charge is 2.26. The van der Waals surface area contributed by atoms with Crippen molar-refractivity contribution in [2.24, 2.45) is 0 Å². The number of rotatable bonds is 3. The zero-order valence-electron chi connectivity index (χ0n) is 10.9. The van der Waals surface area contributed by atoms with Crippen molar-refractivity contribution in [2.45, 2.75) is 25.5 Å². The molecule has 1 aromatic rings. The zero-order chi connectivity index (χ0) is 14.7. The zero-order valence-corrected chi connectivity index (χ0v) is 12.4. The van der Waals surface area contributed by atoms with Gasteiger partial charge in [0.15, 0.2) is 0 Å². The van der Waals surface area contributed by atoms with E-state index >= 15 is 0 Å². The van der Waals surface area contributed by atoms with Gasteiger partial charge < -0.3 is 20.5 Å². The van der Waals surface area contributed by atoms with Crippen LogP contribution in [0.15, 0.2) is 22.7 Å². The summed E-state index contributed by atoms with van der Waals surface area (Å²) in [5.41, 5.74) is 0.273. The van der Waals surface area contributed by atoms with Crippen molar-refractivity contribution in [1.29, 1.82) is 0 Å². The summed E-state index contributed by atoms with van der Waals surface area (Å²) in [6.45, 7) is 2.50. The summed E-state index contributed by atoms with van der Waals surface area (Å²) in [7, 11) is 0. The molecule has 0 spiro atoms. The minimum atomic E-state index is -1.10. The Morgan fingerprint density at radius 1 is 1.45 bits per heavy atom. The van der Waals surface area contributed by atoms with Crippen molar-refractivity contribution in [3.8, 4) is 0 Å². The largest absolute Gasteiger partial charge is 0.478 e. The van der Waals surface area contributed by atoms with Gasteiger partial charge in [-0.1, -0.05) is 6.07 Å². The molecule has 1 fully saturated rings. The molecule has 3 N–H and O–H groups in total. The summed E-state index contributed by atoms with van der Waals surface area (Å²) < 4.78 is 5.87. The van der Waals surface area contributed by atoms with Crippen molar-refractivity contribution < 1.29 is 19.4 Å². The molecule has 20 heavy (non-hydrogen) atoms. The number of carboxylic acid groups (broad SMARTS) is 1. The molecule has 1 aliphatic heterocycles. The van der Waals surface area contributed by atoms with Gasteiger partial charge in [0.25, 0.3) is 0 Å². The van der Waals surface area contributed by atoms with Crippen molar-refractivity contribution in [3.05, 3.63) is 28.2 Å². The van der Waals surface area contributed by atoms with E-state index < -0.39 is 12.0 Å². The number of benzene rings is 1. The van der Waals surface area contributed by atoms with E-state index in [0.29, 0.717) is 11.1 Å². The summed E-state index contributed by atoms with van der Waals surface area (Å²) in [6.07, 6.45) is 0.704. The maximum Gasteiger partial charge on any atom is 0.337 e. The van der Waals surface area contributed by atoms with E-state index in [0.717, 1.165) is 6.42 Å². The molecule has 0 aliphatic carbocycles. The van der Waals surface area contributed by atoms with Gasteiger partial charge in [-0.15, -0.1) is 0 Å². The average Bonchev–Trinajstić information content (AvgIpc) is 2.77. The molecule has 1 heterocycles. The molecule has 0 bridgehead atoms. The quantitative estimate of drug-likeness (QED) is 0.787. The molecule has 2 atom stereocenters. The molecule has 6 nitrogen and oxygen atoms in total. The number of hydrogen-bond donors (Lipinski definition) is 3. The first-order valence-corrected chi connectivity index (χ1v) is 6.99. The molecule has 1 aromatic carbocycles. The highest BCUT2D eigenvalue weighted by Crippen LogP contribution is 2.26. The lowest BCUT2D eigenvalue weighted by atomic mass is 10.1. The van der Waals surface area contributed by atoms with Crippen LogP contribution >= 0.6 is 15.9 Å². The topological polar surface area (TPSA) is 87.7 Å². The smallest absolute Gasteiger partial charge is 0.337 e. The summed E-state index contributed by atoms with van der Waals surface area (Å²) in [5, 5.41) is 14.5. The summed E-state index contributed by atoms with van der Waals surface area (Å²) in [5.74, 6) is -1.10. The number of carbonyl (C=O) groups excluding carboxylic acids is 1. The number of amides is 2. The van der Waals surface area contributed by atoms with Crippen LogP contribution in [-0.2, 0) is 4.74 Å². The minimum absolute atomic E-state index is 0.0326. The Morgan fingerprint density at radius 3 is 2.80 bits per heavy atom. The molecular weight excluding hydrogens is 328 g/mol. The van der Waals surface area contributed by atoms with E-state index in [1.807, 2.05) is 6.92 Å². The molecule has 0 radical (unpaired) electrons. The second kappa shape index (κ2) is 6.23. The summed E-state index contributed by atoms with van der Waals surface area (Å²) in [4.78, 5) is 23.1. The van der Waals surface area contributed by atoms with Gasteiger partial charge in [-0.3, -0.25) is 0 Å². The Labute approximate surface area is 124 Å². The van der Waals surface area contributed by atoms with Crippen LogP contribution in [0.2, 0.25) is 0 Å². The fourth-order valence-electron chi connectivity index (χ4n) is 2.07. The Hall–Kier alpha value is -1.60. The van der Waals surface area contributed by atoms with Gasteiger partial charge in [0.05, 0.1) is 23.4 Å². The van der Waals surface area contributed by atoms with Gasteiger partial charge in [-0.2, -0.15) is 0 Å². The number of carbonyl (C=O) groups is 2. The van der Waals surface area contributed by atoms with Crippen LogP contribution in [0.5, 0.6) is 0 Å². The normalized spacial score (nSPS) is 21.5. The summed E-state index contributed by atoms with van der Waals surface area (Å²) >= 11 is 3.24. The van der Waals surface area contributed by atoms with E-state index in [2.05, 4.69) is 26.6 Å². The molecule has 108 valence electrons. The van der Waals surface area contributed by atoms with Gasteiger partial charge in [-0.05, 0) is 41.4 Å². The van der Waals surface area contributed by atoms with Crippen molar-refractivity contribution in [2.75, 3.05) is 11.9 Å². The van der Waals surface area contributed by atoms with Gasteiger partial charge in [0.1, 0.15) is 0 Å². The third kappa shape index (κ3) is 3.29. The Bertz CT molecular complexity index is 535.